The van der Waals surface area contributed by atoms with Gasteiger partial charge in [0.15, 0.2) is 5.13 Å². The first-order chi connectivity index (χ1) is 20.9. The highest BCUT2D eigenvalue weighted by Gasteiger charge is 2.42. The molecule has 1 saturated carbocycles. The van der Waals surface area contributed by atoms with Crippen LogP contribution in [0.2, 0.25) is 0 Å². The minimum Gasteiger partial charge on any atom is -0.481 e. The molecule has 226 valence electrons. The lowest BCUT2D eigenvalue weighted by molar-refractivity contribution is -0.142. The van der Waals surface area contributed by atoms with E-state index in [1.165, 1.54) is 11.3 Å². The third-order valence-electron chi connectivity index (χ3n) is 9.44. The van der Waals surface area contributed by atoms with Crippen LogP contribution in [-0.4, -0.2) is 57.7 Å². The summed E-state index contributed by atoms with van der Waals surface area (Å²) in [6, 6.07) is 11.7. The highest BCUT2D eigenvalue weighted by Crippen LogP contribution is 2.43. The molecule has 3 atom stereocenters. The summed E-state index contributed by atoms with van der Waals surface area (Å²) in [6.45, 7) is 0.973. The fourth-order valence-electron chi connectivity index (χ4n) is 7.22. The maximum atomic E-state index is 14.2. The smallest absolute Gasteiger partial charge is 0.304 e. The molecule has 2 amide bonds. The van der Waals surface area contributed by atoms with Gasteiger partial charge >= 0.3 is 5.97 Å². The maximum Gasteiger partial charge on any atom is 0.304 e. The van der Waals surface area contributed by atoms with Crippen molar-refractivity contribution in [2.45, 2.75) is 57.8 Å². The van der Waals surface area contributed by atoms with Gasteiger partial charge < -0.3 is 10.2 Å². The van der Waals surface area contributed by atoms with Gasteiger partial charge in [-0.1, -0.05) is 49.9 Å². The van der Waals surface area contributed by atoms with Crippen LogP contribution in [0.25, 0.3) is 22.4 Å². The van der Waals surface area contributed by atoms with Crippen LogP contribution < -0.4 is 9.80 Å². The molecule has 0 radical (unpaired) electrons. The van der Waals surface area contributed by atoms with Crippen LogP contribution in [0.5, 0.6) is 0 Å². The fourth-order valence-corrected chi connectivity index (χ4v) is 8.06. The summed E-state index contributed by atoms with van der Waals surface area (Å²) in [4.78, 5) is 51.2. The molecule has 2 aromatic heterocycles. The molecule has 43 heavy (non-hydrogen) atoms. The molecule has 3 aromatic rings. The summed E-state index contributed by atoms with van der Waals surface area (Å²) in [6.07, 6.45) is 8.79. The van der Waals surface area contributed by atoms with E-state index in [-0.39, 0.29) is 36.7 Å². The van der Waals surface area contributed by atoms with Gasteiger partial charge in [0.05, 0.1) is 18.0 Å². The van der Waals surface area contributed by atoms with E-state index in [2.05, 4.69) is 4.98 Å². The molecular weight excluding hydrogens is 564 g/mol. The van der Waals surface area contributed by atoms with Gasteiger partial charge in [0.25, 0.3) is 0 Å². The number of benzene rings is 1. The van der Waals surface area contributed by atoms with Crippen LogP contribution in [-0.2, 0) is 14.4 Å². The second kappa shape index (κ2) is 12.9. The zero-order valence-corrected chi connectivity index (χ0v) is 25.0. The third kappa shape index (κ3) is 6.21. The Hall–Kier alpha value is -3.63. The molecule has 1 aromatic carbocycles. The van der Waals surface area contributed by atoms with E-state index in [1.54, 1.807) is 16.0 Å². The number of anilines is 2. The van der Waals surface area contributed by atoms with Gasteiger partial charge in [-0.05, 0) is 48.8 Å². The number of carbonyl (C=O) groups is 3. The minimum atomic E-state index is -0.956. The Labute approximate surface area is 255 Å². The number of pyridine rings is 1. The van der Waals surface area contributed by atoms with Crippen molar-refractivity contribution in [2.24, 2.45) is 23.7 Å². The standard InChI is InChI=1S/C33H38N4O5S/c38-19-21-11-13-25(22-6-1-2-7-22)27(16-31(40)41)32(42)37(18-21)33-35-28(20-43-33)26-9-4-3-8-24(26)23-12-14-29(34-17-23)36-15-5-10-30(36)39/h3-4,8-9,12,14,17,20-22,25,27,38H,1-2,5-7,10-11,13,15-16,18-19H2,(H,40,41)/t21-,25-,27+/m1/s1. The summed E-state index contributed by atoms with van der Waals surface area (Å²) in [7, 11) is 0. The number of aliphatic carboxylic acids is 1. The maximum absolute atomic E-state index is 14.2. The predicted octanol–water partition coefficient (Wildman–Crippen LogP) is 5.63. The van der Waals surface area contributed by atoms with Gasteiger partial charge in [0, 0.05) is 54.7 Å². The molecule has 2 saturated heterocycles. The Balaban J connectivity index is 1.31. The Morgan fingerprint density at radius 3 is 2.44 bits per heavy atom. The van der Waals surface area contributed by atoms with Crippen molar-refractivity contribution >= 4 is 40.1 Å². The van der Waals surface area contributed by atoms with Crippen molar-refractivity contribution in [2.75, 3.05) is 29.5 Å². The van der Waals surface area contributed by atoms with Gasteiger partial charge in [-0.15, -0.1) is 11.3 Å². The summed E-state index contributed by atoms with van der Waals surface area (Å²) in [5.41, 5.74) is 3.43. The Kier molecular flexibility index (Phi) is 8.85. The monoisotopic (exact) mass is 602 g/mol. The zero-order valence-electron chi connectivity index (χ0n) is 24.2. The highest BCUT2D eigenvalue weighted by atomic mass is 32.1. The molecular formula is C33H38N4O5S. The number of rotatable bonds is 8. The quantitative estimate of drug-likeness (QED) is 0.342. The topological polar surface area (TPSA) is 124 Å². The van der Waals surface area contributed by atoms with Gasteiger partial charge in [0.1, 0.15) is 5.82 Å². The van der Waals surface area contributed by atoms with E-state index in [0.29, 0.717) is 42.1 Å². The highest BCUT2D eigenvalue weighted by molar-refractivity contribution is 7.14. The van der Waals surface area contributed by atoms with E-state index in [9.17, 15) is 24.6 Å². The number of hydrogen-bond donors (Lipinski definition) is 2. The third-order valence-corrected chi connectivity index (χ3v) is 10.3. The Bertz CT molecular complexity index is 1470. The van der Waals surface area contributed by atoms with Crippen molar-refractivity contribution in [1.82, 2.24) is 9.97 Å². The first-order valence-corrected chi connectivity index (χ1v) is 16.3. The number of aliphatic hydroxyl groups excluding tert-OH is 1. The molecule has 0 bridgehead atoms. The van der Waals surface area contributed by atoms with Crippen LogP contribution in [0.3, 0.4) is 0 Å². The molecule has 1 aliphatic carbocycles. The number of aliphatic hydroxyl groups is 1. The number of hydrogen-bond acceptors (Lipinski definition) is 7. The van der Waals surface area contributed by atoms with Crippen LogP contribution in [0.1, 0.15) is 57.8 Å². The number of carboxylic acids is 1. The molecule has 4 heterocycles. The number of carbonyl (C=O) groups excluding carboxylic acids is 2. The second-order valence-corrected chi connectivity index (χ2v) is 12.9. The predicted molar refractivity (Wildman–Crippen MR) is 166 cm³/mol. The molecule has 3 fully saturated rings. The van der Waals surface area contributed by atoms with E-state index in [1.807, 2.05) is 41.8 Å². The zero-order chi connectivity index (χ0) is 29.9. The molecule has 6 rings (SSSR count). The van der Waals surface area contributed by atoms with Crippen LogP contribution >= 0.6 is 11.3 Å². The lowest BCUT2D eigenvalue weighted by Crippen LogP contribution is -2.46. The van der Waals surface area contributed by atoms with E-state index >= 15 is 0 Å². The summed E-state index contributed by atoms with van der Waals surface area (Å²) in [5, 5.41) is 22.4. The average molecular weight is 603 g/mol. The van der Waals surface area contributed by atoms with Crippen molar-refractivity contribution in [3.63, 3.8) is 0 Å². The van der Waals surface area contributed by atoms with E-state index in [4.69, 9.17) is 4.98 Å². The van der Waals surface area contributed by atoms with E-state index < -0.39 is 11.9 Å². The van der Waals surface area contributed by atoms with Crippen LogP contribution in [0, 0.1) is 23.7 Å². The van der Waals surface area contributed by atoms with Gasteiger partial charge in [-0.25, -0.2) is 9.97 Å². The number of thiazole rings is 1. The lowest BCUT2D eigenvalue weighted by Gasteiger charge is -2.38. The summed E-state index contributed by atoms with van der Waals surface area (Å²) in [5.74, 6) is -0.758. The van der Waals surface area contributed by atoms with Gasteiger partial charge in [-0.2, -0.15) is 0 Å². The number of nitrogens with zero attached hydrogens (tertiary/aromatic N) is 4. The number of carboxylic acid groups (broad SMARTS) is 1. The van der Waals surface area contributed by atoms with Crippen molar-refractivity contribution < 1.29 is 24.6 Å². The largest absolute Gasteiger partial charge is 0.481 e. The first-order valence-electron chi connectivity index (χ1n) is 15.4. The fraction of sp³-hybridized carbons (Fsp3) is 0.485. The van der Waals surface area contributed by atoms with E-state index in [0.717, 1.165) is 61.6 Å². The van der Waals surface area contributed by atoms with Crippen molar-refractivity contribution in [3.8, 4) is 22.4 Å². The van der Waals surface area contributed by atoms with Crippen LogP contribution in [0.4, 0.5) is 10.9 Å². The Morgan fingerprint density at radius 2 is 1.77 bits per heavy atom. The summed E-state index contributed by atoms with van der Waals surface area (Å²) >= 11 is 1.37. The van der Waals surface area contributed by atoms with Crippen LogP contribution in [0.15, 0.2) is 48.0 Å². The molecule has 2 aliphatic heterocycles. The molecule has 0 spiro atoms. The normalized spacial score (nSPS) is 23.5. The molecule has 2 N–H and O–H groups in total. The molecule has 0 unspecified atom stereocenters. The second-order valence-electron chi connectivity index (χ2n) is 12.1. The number of amides is 2. The molecule has 9 nitrogen and oxygen atoms in total. The summed E-state index contributed by atoms with van der Waals surface area (Å²) < 4.78 is 0. The molecule has 3 aliphatic rings. The SMILES string of the molecule is O=C(O)C[C@@H]1C(=O)N(c2nc(-c3ccccc3-c3ccc(N4CCCC4=O)nc3)cs2)C[C@H](CO)CC[C@@H]1C1CCCC1. The minimum absolute atomic E-state index is 0.00515. The lowest BCUT2D eigenvalue weighted by atomic mass is 9.73. The van der Waals surface area contributed by atoms with Crippen molar-refractivity contribution in [1.29, 1.82) is 0 Å². The average Bonchev–Trinajstić information content (AvgIpc) is 3.80. The number of aromatic nitrogens is 2. The van der Waals surface area contributed by atoms with Crippen molar-refractivity contribution in [3.05, 3.63) is 48.0 Å². The van der Waals surface area contributed by atoms with Gasteiger partial charge in [0.2, 0.25) is 11.8 Å². The first kappa shape index (κ1) is 29.4. The van der Waals surface area contributed by atoms with Gasteiger partial charge in [-0.3, -0.25) is 24.2 Å². The Morgan fingerprint density at radius 1 is 0.977 bits per heavy atom. The molecule has 10 heteroatoms.